The average molecular weight is 244 g/mol. The standard InChI is InChI=1S/C15H20N2O/c18-15(17-13-7-8-13)10-16-9-12-3-1-2-4-14(12)11-5-6-11/h1-4,11,13,16H,5-10H2,(H,17,18). The lowest BCUT2D eigenvalue weighted by Gasteiger charge is -2.10. The van der Waals surface area contributed by atoms with E-state index in [2.05, 4.69) is 34.9 Å². The van der Waals surface area contributed by atoms with Crippen LogP contribution in [0.2, 0.25) is 0 Å². The molecule has 2 saturated carbocycles. The normalized spacial score (nSPS) is 18.7. The second-order valence-electron chi connectivity index (χ2n) is 5.42. The third-order valence-corrected chi connectivity index (χ3v) is 3.62. The molecule has 0 radical (unpaired) electrons. The molecule has 1 aromatic rings. The zero-order valence-electron chi connectivity index (χ0n) is 10.6. The van der Waals surface area contributed by atoms with Gasteiger partial charge in [-0.3, -0.25) is 4.79 Å². The van der Waals surface area contributed by atoms with Crippen LogP contribution in [-0.4, -0.2) is 18.5 Å². The lowest BCUT2D eigenvalue weighted by Crippen LogP contribution is -2.34. The van der Waals surface area contributed by atoms with E-state index in [0.29, 0.717) is 12.6 Å². The zero-order chi connectivity index (χ0) is 12.4. The van der Waals surface area contributed by atoms with Gasteiger partial charge in [-0.1, -0.05) is 24.3 Å². The molecule has 0 unspecified atom stereocenters. The summed E-state index contributed by atoms with van der Waals surface area (Å²) in [6.45, 7) is 1.22. The van der Waals surface area contributed by atoms with Crippen LogP contribution in [0.15, 0.2) is 24.3 Å². The minimum atomic E-state index is 0.126. The first-order valence-corrected chi connectivity index (χ1v) is 6.91. The number of carbonyl (C=O) groups is 1. The highest BCUT2D eigenvalue weighted by Crippen LogP contribution is 2.41. The molecule has 0 aromatic heterocycles. The molecule has 0 aliphatic heterocycles. The molecule has 0 saturated heterocycles. The molecule has 18 heavy (non-hydrogen) atoms. The van der Waals surface area contributed by atoms with Gasteiger partial charge in [-0.2, -0.15) is 0 Å². The van der Waals surface area contributed by atoms with Gasteiger partial charge in [-0.25, -0.2) is 0 Å². The highest BCUT2D eigenvalue weighted by molar-refractivity contribution is 5.78. The Morgan fingerprint density at radius 1 is 1.17 bits per heavy atom. The summed E-state index contributed by atoms with van der Waals surface area (Å²) >= 11 is 0. The van der Waals surface area contributed by atoms with E-state index in [1.807, 2.05) is 0 Å². The smallest absolute Gasteiger partial charge is 0.234 e. The van der Waals surface area contributed by atoms with E-state index >= 15 is 0 Å². The second-order valence-corrected chi connectivity index (χ2v) is 5.42. The van der Waals surface area contributed by atoms with E-state index in [1.54, 1.807) is 0 Å². The largest absolute Gasteiger partial charge is 0.352 e. The molecule has 0 atom stereocenters. The zero-order valence-corrected chi connectivity index (χ0v) is 10.6. The lowest BCUT2D eigenvalue weighted by atomic mass is 10.0. The summed E-state index contributed by atoms with van der Waals surface area (Å²) < 4.78 is 0. The Bertz CT molecular complexity index is 436. The average Bonchev–Trinajstić information content (AvgIpc) is 3.24. The molecular weight excluding hydrogens is 224 g/mol. The lowest BCUT2D eigenvalue weighted by molar-refractivity contribution is -0.120. The molecule has 96 valence electrons. The summed E-state index contributed by atoms with van der Waals surface area (Å²) in [5.41, 5.74) is 2.81. The molecule has 0 bridgehead atoms. The number of hydrogen-bond donors (Lipinski definition) is 2. The summed E-state index contributed by atoms with van der Waals surface area (Å²) in [5.74, 6) is 0.893. The predicted molar refractivity (Wildman–Crippen MR) is 71.3 cm³/mol. The van der Waals surface area contributed by atoms with Crippen molar-refractivity contribution in [2.24, 2.45) is 0 Å². The SMILES string of the molecule is O=C(CNCc1ccccc1C1CC1)NC1CC1. The Morgan fingerprint density at radius 2 is 1.94 bits per heavy atom. The van der Waals surface area contributed by atoms with Crippen LogP contribution in [0, 0.1) is 0 Å². The van der Waals surface area contributed by atoms with Crippen LogP contribution in [0.1, 0.15) is 42.7 Å². The van der Waals surface area contributed by atoms with Gasteiger partial charge >= 0.3 is 0 Å². The maximum atomic E-state index is 11.5. The van der Waals surface area contributed by atoms with Gasteiger partial charge in [0.2, 0.25) is 5.91 Å². The van der Waals surface area contributed by atoms with Gasteiger partial charge in [-0.15, -0.1) is 0 Å². The first-order chi connectivity index (χ1) is 8.83. The van der Waals surface area contributed by atoms with E-state index in [4.69, 9.17) is 0 Å². The summed E-state index contributed by atoms with van der Waals surface area (Å²) in [4.78, 5) is 11.5. The van der Waals surface area contributed by atoms with Crippen LogP contribution in [0.25, 0.3) is 0 Å². The van der Waals surface area contributed by atoms with Crippen molar-refractivity contribution in [3.63, 3.8) is 0 Å². The first kappa shape index (κ1) is 11.7. The van der Waals surface area contributed by atoms with E-state index in [0.717, 1.165) is 25.3 Å². The topological polar surface area (TPSA) is 41.1 Å². The van der Waals surface area contributed by atoms with Gasteiger partial charge in [0, 0.05) is 12.6 Å². The monoisotopic (exact) mass is 244 g/mol. The van der Waals surface area contributed by atoms with Crippen molar-refractivity contribution in [3.8, 4) is 0 Å². The van der Waals surface area contributed by atoms with Gasteiger partial charge in [0.05, 0.1) is 6.54 Å². The summed E-state index contributed by atoms with van der Waals surface area (Å²) in [6.07, 6.45) is 4.94. The van der Waals surface area contributed by atoms with Gasteiger partial charge in [-0.05, 0) is 42.7 Å². The van der Waals surface area contributed by atoms with Crippen molar-refractivity contribution in [1.29, 1.82) is 0 Å². The van der Waals surface area contributed by atoms with Gasteiger partial charge in [0.25, 0.3) is 0 Å². The fourth-order valence-electron chi connectivity index (χ4n) is 2.30. The number of rotatable bonds is 6. The van der Waals surface area contributed by atoms with Crippen LogP contribution < -0.4 is 10.6 Å². The Hall–Kier alpha value is -1.35. The number of benzene rings is 1. The van der Waals surface area contributed by atoms with Crippen LogP contribution in [0.5, 0.6) is 0 Å². The van der Waals surface area contributed by atoms with Crippen LogP contribution in [0.4, 0.5) is 0 Å². The highest BCUT2D eigenvalue weighted by Gasteiger charge is 2.25. The third-order valence-electron chi connectivity index (χ3n) is 3.62. The molecular formula is C15H20N2O. The maximum Gasteiger partial charge on any atom is 0.234 e. The molecule has 0 heterocycles. The number of amides is 1. The van der Waals surface area contributed by atoms with Crippen molar-refractivity contribution >= 4 is 5.91 Å². The van der Waals surface area contributed by atoms with Crippen LogP contribution in [-0.2, 0) is 11.3 Å². The molecule has 2 aliphatic rings. The minimum absolute atomic E-state index is 0.126. The van der Waals surface area contributed by atoms with Crippen molar-refractivity contribution in [3.05, 3.63) is 35.4 Å². The molecule has 3 nitrogen and oxygen atoms in total. The van der Waals surface area contributed by atoms with E-state index in [9.17, 15) is 4.79 Å². The van der Waals surface area contributed by atoms with Crippen molar-refractivity contribution < 1.29 is 4.79 Å². The summed E-state index contributed by atoms with van der Waals surface area (Å²) in [7, 11) is 0. The molecule has 3 rings (SSSR count). The first-order valence-electron chi connectivity index (χ1n) is 6.91. The number of carbonyl (C=O) groups excluding carboxylic acids is 1. The Labute approximate surface area is 108 Å². The molecule has 0 spiro atoms. The summed E-state index contributed by atoms with van der Waals surface area (Å²) in [5, 5.41) is 6.23. The fourth-order valence-corrected chi connectivity index (χ4v) is 2.30. The number of nitrogens with one attached hydrogen (secondary N) is 2. The van der Waals surface area contributed by atoms with Crippen molar-refractivity contribution in [2.45, 2.75) is 44.2 Å². The Morgan fingerprint density at radius 3 is 2.67 bits per heavy atom. The van der Waals surface area contributed by atoms with Gasteiger partial charge < -0.3 is 10.6 Å². The van der Waals surface area contributed by atoms with E-state index < -0.39 is 0 Å². The molecule has 2 fully saturated rings. The van der Waals surface area contributed by atoms with E-state index in [1.165, 1.54) is 24.0 Å². The third kappa shape index (κ3) is 3.10. The molecule has 2 N–H and O–H groups in total. The van der Waals surface area contributed by atoms with Crippen molar-refractivity contribution in [1.82, 2.24) is 10.6 Å². The fraction of sp³-hybridized carbons (Fsp3) is 0.533. The second kappa shape index (κ2) is 5.11. The van der Waals surface area contributed by atoms with Crippen LogP contribution >= 0.6 is 0 Å². The number of hydrogen-bond acceptors (Lipinski definition) is 2. The Balaban J connectivity index is 1.48. The van der Waals surface area contributed by atoms with Crippen LogP contribution in [0.3, 0.4) is 0 Å². The Kier molecular flexibility index (Phi) is 3.33. The minimum Gasteiger partial charge on any atom is -0.352 e. The molecule has 1 amide bonds. The molecule has 1 aromatic carbocycles. The van der Waals surface area contributed by atoms with Gasteiger partial charge in [0.15, 0.2) is 0 Å². The van der Waals surface area contributed by atoms with E-state index in [-0.39, 0.29) is 5.91 Å². The quantitative estimate of drug-likeness (QED) is 0.803. The maximum absolute atomic E-state index is 11.5. The predicted octanol–water partition coefficient (Wildman–Crippen LogP) is 1.93. The molecule has 2 aliphatic carbocycles. The summed E-state index contributed by atoms with van der Waals surface area (Å²) in [6, 6.07) is 9.03. The van der Waals surface area contributed by atoms with Gasteiger partial charge in [0.1, 0.15) is 0 Å². The molecule has 3 heteroatoms. The highest BCUT2D eigenvalue weighted by atomic mass is 16.2. The van der Waals surface area contributed by atoms with Crippen molar-refractivity contribution in [2.75, 3.05) is 6.54 Å².